The summed E-state index contributed by atoms with van der Waals surface area (Å²) in [5, 5.41) is 8.02. The zero-order chi connectivity index (χ0) is 14.4. The van der Waals surface area contributed by atoms with Gasteiger partial charge in [0.15, 0.2) is 10.8 Å². The number of carbonyl (C=O) groups is 2. The standard InChI is InChI=1S/C13H15N3O3S/c1-9(17)14-4-2-3-12(18)16-10-7-11(19-8-10)13-15-5-6-20-13/h5-8H,2-4H2,1H3,(H,14,17)(H,16,18). The smallest absolute Gasteiger partial charge is 0.224 e. The van der Waals surface area contributed by atoms with Crippen molar-refractivity contribution in [1.29, 1.82) is 0 Å². The molecule has 7 heteroatoms. The van der Waals surface area contributed by atoms with Crippen LogP contribution in [0.3, 0.4) is 0 Å². The quantitative estimate of drug-likeness (QED) is 0.800. The zero-order valence-electron chi connectivity index (χ0n) is 11.0. The highest BCUT2D eigenvalue weighted by molar-refractivity contribution is 7.13. The molecular weight excluding hydrogens is 278 g/mol. The van der Waals surface area contributed by atoms with Gasteiger partial charge in [0, 0.05) is 37.5 Å². The number of furan rings is 1. The second-order valence-corrected chi connectivity index (χ2v) is 5.07. The number of nitrogens with zero attached hydrogens (tertiary/aromatic N) is 1. The van der Waals surface area contributed by atoms with Gasteiger partial charge in [-0.05, 0) is 6.42 Å². The third-order valence-corrected chi connectivity index (χ3v) is 3.27. The van der Waals surface area contributed by atoms with Crippen molar-refractivity contribution in [2.24, 2.45) is 0 Å². The maximum absolute atomic E-state index is 11.7. The molecule has 0 unspecified atom stereocenters. The van der Waals surface area contributed by atoms with Crippen LogP contribution in [0.25, 0.3) is 10.8 Å². The molecular formula is C13H15N3O3S. The highest BCUT2D eigenvalue weighted by Crippen LogP contribution is 2.26. The molecule has 20 heavy (non-hydrogen) atoms. The molecule has 2 aromatic rings. The second-order valence-electron chi connectivity index (χ2n) is 4.17. The van der Waals surface area contributed by atoms with Crippen molar-refractivity contribution in [1.82, 2.24) is 10.3 Å². The molecule has 2 rings (SSSR count). The summed E-state index contributed by atoms with van der Waals surface area (Å²) in [6.45, 7) is 1.95. The number of rotatable bonds is 6. The molecule has 6 nitrogen and oxygen atoms in total. The van der Waals surface area contributed by atoms with Gasteiger partial charge in [-0.15, -0.1) is 11.3 Å². The molecule has 2 aromatic heterocycles. The fraction of sp³-hybridized carbons (Fsp3) is 0.308. The minimum absolute atomic E-state index is 0.0895. The molecule has 0 aliphatic rings. The van der Waals surface area contributed by atoms with Gasteiger partial charge in [0.1, 0.15) is 6.26 Å². The lowest BCUT2D eigenvalue weighted by atomic mass is 10.3. The van der Waals surface area contributed by atoms with Crippen molar-refractivity contribution in [2.45, 2.75) is 19.8 Å². The normalized spacial score (nSPS) is 10.2. The van der Waals surface area contributed by atoms with Gasteiger partial charge in [0.05, 0.1) is 5.69 Å². The summed E-state index contributed by atoms with van der Waals surface area (Å²) in [5.74, 6) is 0.434. The molecule has 0 atom stereocenters. The summed E-state index contributed by atoms with van der Waals surface area (Å²) in [6.07, 6.45) is 4.13. The Bertz CT molecular complexity index is 577. The third kappa shape index (κ3) is 4.20. The maximum Gasteiger partial charge on any atom is 0.224 e. The van der Waals surface area contributed by atoms with E-state index in [1.807, 2.05) is 5.38 Å². The van der Waals surface area contributed by atoms with E-state index in [0.717, 1.165) is 5.01 Å². The Kier molecular flexibility index (Phi) is 4.89. The number of aromatic nitrogens is 1. The van der Waals surface area contributed by atoms with Crippen LogP contribution < -0.4 is 10.6 Å². The summed E-state index contributed by atoms with van der Waals surface area (Å²) < 4.78 is 5.34. The minimum Gasteiger partial charge on any atom is -0.460 e. The summed E-state index contributed by atoms with van der Waals surface area (Å²) >= 11 is 1.47. The average molecular weight is 293 g/mol. The van der Waals surface area contributed by atoms with Crippen molar-refractivity contribution >= 4 is 28.8 Å². The monoisotopic (exact) mass is 293 g/mol. The fourth-order valence-corrected chi connectivity index (χ4v) is 2.19. The van der Waals surface area contributed by atoms with Crippen LogP contribution in [-0.4, -0.2) is 23.3 Å². The van der Waals surface area contributed by atoms with Crippen LogP contribution in [0, 0.1) is 0 Å². The van der Waals surface area contributed by atoms with E-state index in [2.05, 4.69) is 15.6 Å². The van der Waals surface area contributed by atoms with Gasteiger partial charge in [0.2, 0.25) is 11.8 Å². The lowest BCUT2D eigenvalue weighted by Crippen LogP contribution is -2.22. The van der Waals surface area contributed by atoms with Crippen molar-refractivity contribution < 1.29 is 14.0 Å². The summed E-state index contributed by atoms with van der Waals surface area (Å²) in [7, 11) is 0. The number of carbonyl (C=O) groups excluding carboxylic acids is 2. The average Bonchev–Trinajstić information content (AvgIpc) is 3.04. The predicted molar refractivity (Wildman–Crippen MR) is 76.4 cm³/mol. The molecule has 2 amide bonds. The molecule has 0 bridgehead atoms. The lowest BCUT2D eigenvalue weighted by molar-refractivity contribution is -0.119. The van der Waals surface area contributed by atoms with Crippen LogP contribution in [0.1, 0.15) is 19.8 Å². The molecule has 106 valence electrons. The predicted octanol–water partition coefficient (Wildman–Crippen LogP) is 2.26. The first-order valence-electron chi connectivity index (χ1n) is 6.18. The number of nitrogens with one attached hydrogen (secondary N) is 2. The summed E-state index contributed by atoms with van der Waals surface area (Å²) in [4.78, 5) is 26.5. The Morgan fingerprint density at radius 2 is 2.30 bits per heavy atom. The van der Waals surface area contributed by atoms with Gasteiger partial charge in [-0.3, -0.25) is 9.59 Å². The lowest BCUT2D eigenvalue weighted by Gasteiger charge is -2.02. The highest BCUT2D eigenvalue weighted by atomic mass is 32.1. The number of thiazole rings is 1. The molecule has 0 radical (unpaired) electrons. The largest absolute Gasteiger partial charge is 0.460 e. The first-order chi connectivity index (χ1) is 9.65. The van der Waals surface area contributed by atoms with Crippen LogP contribution in [0.5, 0.6) is 0 Å². The van der Waals surface area contributed by atoms with Crippen LogP contribution in [-0.2, 0) is 9.59 Å². The Balaban J connectivity index is 1.78. The molecule has 0 fully saturated rings. The van der Waals surface area contributed by atoms with E-state index in [9.17, 15) is 9.59 Å². The molecule has 0 spiro atoms. The molecule has 0 saturated heterocycles. The second kappa shape index (κ2) is 6.85. The summed E-state index contributed by atoms with van der Waals surface area (Å²) in [5.41, 5.74) is 0.611. The number of anilines is 1. The van der Waals surface area contributed by atoms with Crippen LogP contribution in [0.2, 0.25) is 0 Å². The Labute approximate surface area is 120 Å². The van der Waals surface area contributed by atoms with Gasteiger partial charge >= 0.3 is 0 Å². The maximum atomic E-state index is 11.7. The molecule has 0 aliphatic carbocycles. The number of hydrogen-bond acceptors (Lipinski definition) is 5. The highest BCUT2D eigenvalue weighted by Gasteiger charge is 2.09. The van der Waals surface area contributed by atoms with Crippen LogP contribution in [0.4, 0.5) is 5.69 Å². The number of amides is 2. The SMILES string of the molecule is CC(=O)NCCCC(=O)Nc1coc(-c2nccs2)c1. The van der Waals surface area contributed by atoms with Crippen molar-refractivity contribution in [2.75, 3.05) is 11.9 Å². The molecule has 0 saturated carbocycles. The topological polar surface area (TPSA) is 84.2 Å². The van der Waals surface area contributed by atoms with Crippen LogP contribution in [0.15, 0.2) is 28.3 Å². The Morgan fingerprint density at radius 1 is 1.45 bits per heavy atom. The first kappa shape index (κ1) is 14.3. The molecule has 2 N–H and O–H groups in total. The van der Waals surface area contributed by atoms with E-state index in [1.165, 1.54) is 24.5 Å². The Hall–Kier alpha value is -2.15. The van der Waals surface area contributed by atoms with Crippen LogP contribution >= 0.6 is 11.3 Å². The van der Waals surface area contributed by atoms with E-state index in [-0.39, 0.29) is 11.8 Å². The van der Waals surface area contributed by atoms with Crippen molar-refractivity contribution in [3.8, 4) is 10.8 Å². The Morgan fingerprint density at radius 3 is 3.00 bits per heavy atom. The van der Waals surface area contributed by atoms with E-state index >= 15 is 0 Å². The van der Waals surface area contributed by atoms with Gasteiger partial charge in [-0.2, -0.15) is 0 Å². The fourth-order valence-electron chi connectivity index (χ4n) is 1.60. The van der Waals surface area contributed by atoms with E-state index in [1.54, 1.807) is 12.3 Å². The minimum atomic E-state index is -0.109. The first-order valence-corrected chi connectivity index (χ1v) is 7.06. The van der Waals surface area contributed by atoms with Gasteiger partial charge in [-0.1, -0.05) is 0 Å². The number of hydrogen-bond donors (Lipinski definition) is 2. The van der Waals surface area contributed by atoms with Gasteiger partial charge in [-0.25, -0.2) is 4.98 Å². The van der Waals surface area contributed by atoms with Crippen molar-refractivity contribution in [3.63, 3.8) is 0 Å². The van der Waals surface area contributed by atoms with E-state index in [4.69, 9.17) is 4.42 Å². The molecule has 0 aromatic carbocycles. The molecule has 0 aliphatic heterocycles. The van der Waals surface area contributed by atoms with Gasteiger partial charge < -0.3 is 15.1 Å². The summed E-state index contributed by atoms with van der Waals surface area (Å²) in [6, 6.07) is 1.74. The zero-order valence-corrected chi connectivity index (χ0v) is 11.8. The van der Waals surface area contributed by atoms with E-state index in [0.29, 0.717) is 30.8 Å². The third-order valence-electron chi connectivity index (χ3n) is 2.48. The van der Waals surface area contributed by atoms with E-state index < -0.39 is 0 Å². The van der Waals surface area contributed by atoms with Gasteiger partial charge in [0.25, 0.3) is 0 Å². The van der Waals surface area contributed by atoms with Crippen molar-refractivity contribution in [3.05, 3.63) is 23.9 Å². The molecule has 2 heterocycles.